The van der Waals surface area contributed by atoms with E-state index in [2.05, 4.69) is 11.6 Å². The summed E-state index contributed by atoms with van der Waals surface area (Å²) >= 11 is 0. The molecule has 0 aliphatic heterocycles. The van der Waals surface area contributed by atoms with Crippen LogP contribution >= 0.6 is 0 Å². The van der Waals surface area contributed by atoms with Crippen LogP contribution in [0.3, 0.4) is 0 Å². The van der Waals surface area contributed by atoms with E-state index in [0.29, 0.717) is 24.1 Å². The summed E-state index contributed by atoms with van der Waals surface area (Å²) in [7, 11) is 0. The SMILES string of the molecule is C=C(c1ccc(C)cn1)C1(F)CC1. The molecule has 1 saturated carbocycles. The second kappa shape index (κ2) is 2.66. The minimum atomic E-state index is -1.15. The van der Waals surface area contributed by atoms with Crippen molar-refractivity contribution < 1.29 is 4.39 Å². The fraction of sp³-hybridized carbons (Fsp3) is 0.364. The van der Waals surface area contributed by atoms with Gasteiger partial charge in [-0.2, -0.15) is 0 Å². The summed E-state index contributed by atoms with van der Waals surface area (Å²) in [4.78, 5) is 4.15. The van der Waals surface area contributed by atoms with Gasteiger partial charge in [-0.15, -0.1) is 0 Å². The van der Waals surface area contributed by atoms with Gasteiger partial charge in [0.2, 0.25) is 0 Å². The van der Waals surface area contributed by atoms with Crippen LogP contribution in [-0.4, -0.2) is 10.7 Å². The third-order valence-corrected chi connectivity index (χ3v) is 2.45. The van der Waals surface area contributed by atoms with Gasteiger partial charge < -0.3 is 0 Å². The number of aryl methyl sites for hydroxylation is 1. The van der Waals surface area contributed by atoms with Crippen molar-refractivity contribution in [3.8, 4) is 0 Å². The van der Waals surface area contributed by atoms with Crippen molar-refractivity contribution in [1.29, 1.82) is 0 Å². The molecule has 1 aliphatic rings. The first-order valence-corrected chi connectivity index (χ1v) is 4.43. The molecule has 0 saturated heterocycles. The molecule has 0 radical (unpaired) electrons. The van der Waals surface area contributed by atoms with Gasteiger partial charge in [0.05, 0.1) is 5.69 Å². The van der Waals surface area contributed by atoms with Crippen molar-refractivity contribution in [1.82, 2.24) is 4.98 Å². The third kappa shape index (κ3) is 1.48. The van der Waals surface area contributed by atoms with Crippen LogP contribution in [0.25, 0.3) is 5.57 Å². The molecule has 2 rings (SSSR count). The fourth-order valence-corrected chi connectivity index (χ4v) is 1.29. The Bertz CT molecular complexity index is 336. The van der Waals surface area contributed by atoms with Crippen LogP contribution in [0.4, 0.5) is 4.39 Å². The topological polar surface area (TPSA) is 12.9 Å². The monoisotopic (exact) mass is 177 g/mol. The Morgan fingerprint density at radius 2 is 2.23 bits per heavy atom. The smallest absolute Gasteiger partial charge is 0.137 e. The van der Waals surface area contributed by atoms with E-state index in [-0.39, 0.29) is 0 Å². The Morgan fingerprint density at radius 3 is 2.69 bits per heavy atom. The summed E-state index contributed by atoms with van der Waals surface area (Å²) in [6, 6.07) is 3.76. The van der Waals surface area contributed by atoms with Crippen LogP contribution in [-0.2, 0) is 0 Å². The quantitative estimate of drug-likeness (QED) is 0.676. The van der Waals surface area contributed by atoms with Gasteiger partial charge in [0, 0.05) is 11.8 Å². The summed E-state index contributed by atoms with van der Waals surface area (Å²) < 4.78 is 13.5. The Hall–Kier alpha value is -1.18. The molecule has 0 N–H and O–H groups in total. The Balaban J connectivity index is 2.26. The lowest BCUT2D eigenvalue weighted by atomic mass is 10.1. The van der Waals surface area contributed by atoms with Gasteiger partial charge in [-0.05, 0) is 31.4 Å². The maximum absolute atomic E-state index is 13.5. The molecule has 1 aromatic heterocycles. The largest absolute Gasteiger partial charge is 0.256 e. The molecule has 1 aromatic rings. The van der Waals surface area contributed by atoms with Gasteiger partial charge in [-0.1, -0.05) is 12.6 Å². The lowest BCUT2D eigenvalue weighted by molar-refractivity contribution is 0.393. The second-order valence-electron chi connectivity index (χ2n) is 3.66. The molecular formula is C11H12FN. The predicted molar refractivity (Wildman–Crippen MR) is 51.1 cm³/mol. The standard InChI is InChI=1S/C11H12FN/c1-8-3-4-10(13-7-8)9(2)11(12)5-6-11/h3-4,7H,2,5-6H2,1H3. The molecule has 1 heterocycles. The van der Waals surface area contributed by atoms with Crippen molar-refractivity contribution >= 4 is 5.57 Å². The highest BCUT2D eigenvalue weighted by Gasteiger charge is 2.46. The van der Waals surface area contributed by atoms with E-state index in [4.69, 9.17) is 0 Å². The van der Waals surface area contributed by atoms with Gasteiger partial charge in [0.15, 0.2) is 0 Å². The maximum Gasteiger partial charge on any atom is 0.137 e. The van der Waals surface area contributed by atoms with Crippen LogP contribution in [0.5, 0.6) is 0 Å². The van der Waals surface area contributed by atoms with Gasteiger partial charge in [-0.3, -0.25) is 4.98 Å². The van der Waals surface area contributed by atoms with Crippen LogP contribution in [0, 0.1) is 6.92 Å². The van der Waals surface area contributed by atoms with Crippen LogP contribution in [0.15, 0.2) is 24.9 Å². The van der Waals surface area contributed by atoms with Gasteiger partial charge >= 0.3 is 0 Å². The molecule has 1 aliphatic carbocycles. The van der Waals surface area contributed by atoms with Crippen LogP contribution < -0.4 is 0 Å². The normalized spacial score (nSPS) is 18.3. The molecule has 0 bridgehead atoms. The third-order valence-electron chi connectivity index (χ3n) is 2.45. The van der Waals surface area contributed by atoms with Gasteiger partial charge in [-0.25, -0.2) is 4.39 Å². The predicted octanol–water partition coefficient (Wildman–Crippen LogP) is 2.91. The first kappa shape index (κ1) is 8.42. The molecule has 0 aromatic carbocycles. The molecule has 68 valence electrons. The van der Waals surface area contributed by atoms with Gasteiger partial charge in [0.25, 0.3) is 0 Å². The van der Waals surface area contributed by atoms with Crippen molar-refractivity contribution in [2.45, 2.75) is 25.4 Å². The summed E-state index contributed by atoms with van der Waals surface area (Å²) in [6.45, 7) is 5.71. The first-order valence-electron chi connectivity index (χ1n) is 4.43. The number of nitrogens with zero attached hydrogens (tertiary/aromatic N) is 1. The second-order valence-corrected chi connectivity index (χ2v) is 3.66. The van der Waals surface area contributed by atoms with E-state index in [0.717, 1.165) is 5.56 Å². The highest BCUT2D eigenvalue weighted by atomic mass is 19.1. The van der Waals surface area contributed by atoms with E-state index >= 15 is 0 Å². The summed E-state index contributed by atoms with van der Waals surface area (Å²) in [5, 5.41) is 0. The number of rotatable bonds is 2. The molecular weight excluding hydrogens is 165 g/mol. The zero-order valence-corrected chi connectivity index (χ0v) is 7.68. The van der Waals surface area contributed by atoms with Crippen LogP contribution in [0.2, 0.25) is 0 Å². The van der Waals surface area contributed by atoms with E-state index < -0.39 is 5.67 Å². The van der Waals surface area contributed by atoms with Crippen LogP contribution in [0.1, 0.15) is 24.1 Å². The number of pyridine rings is 1. The summed E-state index contributed by atoms with van der Waals surface area (Å²) in [5.74, 6) is 0. The van der Waals surface area contributed by atoms with E-state index in [9.17, 15) is 4.39 Å². The average molecular weight is 177 g/mol. The molecule has 0 unspecified atom stereocenters. The minimum absolute atomic E-state index is 0.535. The van der Waals surface area contributed by atoms with E-state index in [1.165, 1.54) is 0 Å². The van der Waals surface area contributed by atoms with E-state index in [1.807, 2.05) is 19.1 Å². The van der Waals surface area contributed by atoms with Crippen molar-refractivity contribution in [3.05, 3.63) is 36.2 Å². The molecule has 0 atom stereocenters. The zero-order chi connectivity index (χ0) is 9.47. The van der Waals surface area contributed by atoms with E-state index in [1.54, 1.807) is 6.20 Å². The summed E-state index contributed by atoms with van der Waals surface area (Å²) in [5.41, 5.74) is 1.15. The summed E-state index contributed by atoms with van der Waals surface area (Å²) in [6.07, 6.45) is 2.94. The van der Waals surface area contributed by atoms with Crippen molar-refractivity contribution in [2.24, 2.45) is 0 Å². The van der Waals surface area contributed by atoms with Crippen molar-refractivity contribution in [2.75, 3.05) is 0 Å². The highest BCUT2D eigenvalue weighted by Crippen LogP contribution is 2.48. The first-order chi connectivity index (χ1) is 6.12. The highest BCUT2D eigenvalue weighted by molar-refractivity contribution is 5.70. The molecule has 13 heavy (non-hydrogen) atoms. The van der Waals surface area contributed by atoms with Gasteiger partial charge in [0.1, 0.15) is 5.67 Å². The number of hydrogen-bond donors (Lipinski definition) is 0. The zero-order valence-electron chi connectivity index (χ0n) is 7.68. The Labute approximate surface area is 77.3 Å². The maximum atomic E-state index is 13.5. The Morgan fingerprint density at radius 1 is 1.54 bits per heavy atom. The fourth-order valence-electron chi connectivity index (χ4n) is 1.29. The average Bonchev–Trinajstić information content (AvgIpc) is 2.85. The lowest BCUT2D eigenvalue weighted by Gasteiger charge is -2.08. The lowest BCUT2D eigenvalue weighted by Crippen LogP contribution is -2.03. The number of allylic oxidation sites excluding steroid dienone is 1. The number of hydrogen-bond acceptors (Lipinski definition) is 1. The number of aromatic nitrogens is 1. The molecule has 2 heteroatoms. The van der Waals surface area contributed by atoms with Crippen molar-refractivity contribution in [3.63, 3.8) is 0 Å². The molecule has 0 spiro atoms. The molecule has 0 amide bonds. The minimum Gasteiger partial charge on any atom is -0.256 e. The number of alkyl halides is 1. The Kier molecular flexibility index (Phi) is 1.72. The molecule has 1 fully saturated rings. The molecule has 1 nitrogen and oxygen atoms in total. The number of halogens is 1.